The molecule has 1 heterocycles. The molecular weight excluding hydrogens is 151 g/mol. The molecule has 1 aromatic rings. The van der Waals surface area contributed by atoms with E-state index in [0.717, 1.165) is 12.3 Å². The summed E-state index contributed by atoms with van der Waals surface area (Å²) in [5.74, 6) is 0. The number of aromatic nitrogens is 2. The van der Waals surface area contributed by atoms with Gasteiger partial charge in [-0.3, -0.25) is 9.78 Å². The van der Waals surface area contributed by atoms with Crippen molar-refractivity contribution in [2.45, 2.75) is 0 Å². The van der Waals surface area contributed by atoms with Crippen molar-refractivity contribution in [3.8, 4) is 0 Å². The van der Waals surface area contributed by atoms with Crippen molar-refractivity contribution in [1.82, 2.24) is 9.97 Å². The van der Waals surface area contributed by atoms with Crippen LogP contribution in [0.1, 0.15) is 5.56 Å². The van der Waals surface area contributed by atoms with E-state index in [1.807, 2.05) is 4.98 Å². The fourth-order valence-corrected chi connectivity index (χ4v) is 0.612. The van der Waals surface area contributed by atoms with Crippen LogP contribution in [0.2, 0.25) is 0 Å². The number of rotatable bonds is 1. The molecule has 0 atom stereocenters. The van der Waals surface area contributed by atoms with Crippen LogP contribution >= 0.6 is 0 Å². The average Bonchev–Trinajstić information content (AvgIpc) is 1.95. The van der Waals surface area contributed by atoms with Crippen molar-refractivity contribution in [1.29, 1.82) is 0 Å². The van der Waals surface area contributed by atoms with Gasteiger partial charge in [-0.2, -0.15) is 0 Å². The number of nitrogens with one attached hydrogen (secondary N) is 2. The first-order valence-corrected chi connectivity index (χ1v) is 2.83. The van der Waals surface area contributed by atoms with Crippen LogP contribution in [0.25, 0.3) is 6.08 Å². The summed E-state index contributed by atoms with van der Waals surface area (Å²) in [6.07, 6.45) is 2.31. The van der Waals surface area contributed by atoms with E-state index in [-0.39, 0.29) is 11.9 Å². The number of hydrogen-bond donors (Lipinski definition) is 2. The van der Waals surface area contributed by atoms with E-state index >= 15 is 0 Å². The highest BCUT2D eigenvalue weighted by atomic mass is 19.1. The molecule has 4 nitrogen and oxygen atoms in total. The summed E-state index contributed by atoms with van der Waals surface area (Å²) in [6.45, 7) is 0. The van der Waals surface area contributed by atoms with Gasteiger partial charge >= 0.3 is 5.69 Å². The molecule has 0 saturated carbocycles. The van der Waals surface area contributed by atoms with Crippen molar-refractivity contribution in [3.05, 3.63) is 38.9 Å². The topological polar surface area (TPSA) is 65.7 Å². The van der Waals surface area contributed by atoms with E-state index < -0.39 is 11.2 Å². The third-order valence-corrected chi connectivity index (χ3v) is 1.09. The standard InChI is InChI=1S/C6H5FN2O2/c7-2-1-4-3-8-6(11)9-5(4)10/h1-3H,(H2,8,9,10,11). The summed E-state index contributed by atoms with van der Waals surface area (Å²) in [4.78, 5) is 25.3. The van der Waals surface area contributed by atoms with E-state index in [2.05, 4.69) is 4.98 Å². The summed E-state index contributed by atoms with van der Waals surface area (Å²) in [7, 11) is 0. The Kier molecular flexibility index (Phi) is 2.00. The Balaban J connectivity index is 3.31. The quantitative estimate of drug-likeness (QED) is 0.601. The van der Waals surface area contributed by atoms with Gasteiger partial charge in [-0.15, -0.1) is 0 Å². The van der Waals surface area contributed by atoms with E-state index in [1.54, 1.807) is 0 Å². The maximum Gasteiger partial charge on any atom is 0.325 e. The fourth-order valence-electron chi connectivity index (χ4n) is 0.612. The van der Waals surface area contributed by atoms with Crippen molar-refractivity contribution in [3.63, 3.8) is 0 Å². The second-order valence-electron chi connectivity index (χ2n) is 1.82. The van der Waals surface area contributed by atoms with Gasteiger partial charge in [-0.25, -0.2) is 9.18 Å². The molecule has 5 heteroatoms. The summed E-state index contributed by atoms with van der Waals surface area (Å²) >= 11 is 0. The zero-order valence-electron chi connectivity index (χ0n) is 5.43. The molecule has 0 aliphatic rings. The SMILES string of the molecule is O=c1[nH]cc(C=CF)c(=O)[nH]1. The van der Waals surface area contributed by atoms with Crippen LogP contribution in [0.4, 0.5) is 4.39 Å². The highest BCUT2D eigenvalue weighted by Gasteiger charge is 1.93. The molecule has 11 heavy (non-hydrogen) atoms. The normalized spacial score (nSPS) is 10.6. The summed E-state index contributed by atoms with van der Waals surface area (Å²) in [6, 6.07) is 0. The van der Waals surface area contributed by atoms with Gasteiger partial charge in [0.15, 0.2) is 0 Å². The van der Waals surface area contributed by atoms with Gasteiger partial charge < -0.3 is 4.98 Å². The smallest absolute Gasteiger partial charge is 0.314 e. The Morgan fingerprint density at radius 2 is 2.18 bits per heavy atom. The lowest BCUT2D eigenvalue weighted by molar-refractivity contribution is 0.727. The molecule has 0 spiro atoms. The lowest BCUT2D eigenvalue weighted by atomic mass is 10.3. The Hall–Kier alpha value is -1.65. The maximum atomic E-state index is 11.5. The Morgan fingerprint density at radius 1 is 1.45 bits per heavy atom. The molecule has 0 bridgehead atoms. The molecule has 1 aromatic heterocycles. The van der Waals surface area contributed by atoms with Crippen molar-refractivity contribution >= 4 is 6.08 Å². The largest absolute Gasteiger partial charge is 0.325 e. The molecule has 2 N–H and O–H groups in total. The maximum absolute atomic E-state index is 11.5. The first-order valence-electron chi connectivity index (χ1n) is 2.83. The Labute approximate surface area is 60.4 Å². The number of hydrogen-bond acceptors (Lipinski definition) is 2. The first kappa shape index (κ1) is 7.46. The highest BCUT2D eigenvalue weighted by Crippen LogP contribution is 1.88. The Bertz CT molecular complexity index is 377. The van der Waals surface area contributed by atoms with Crippen LogP contribution in [0.15, 0.2) is 22.1 Å². The van der Waals surface area contributed by atoms with Gasteiger partial charge in [-0.1, -0.05) is 0 Å². The van der Waals surface area contributed by atoms with Crippen molar-refractivity contribution in [2.24, 2.45) is 0 Å². The van der Waals surface area contributed by atoms with Crippen LogP contribution < -0.4 is 11.2 Å². The van der Waals surface area contributed by atoms with Gasteiger partial charge in [0.25, 0.3) is 5.56 Å². The fraction of sp³-hybridized carbons (Fsp3) is 0. The monoisotopic (exact) mass is 156 g/mol. The van der Waals surface area contributed by atoms with Gasteiger partial charge in [0.05, 0.1) is 11.9 Å². The van der Waals surface area contributed by atoms with Gasteiger partial charge in [0, 0.05) is 6.20 Å². The minimum absolute atomic E-state index is 0.0760. The van der Waals surface area contributed by atoms with Gasteiger partial charge in [-0.05, 0) is 6.08 Å². The van der Waals surface area contributed by atoms with E-state index in [0.29, 0.717) is 0 Å². The number of H-pyrrole nitrogens is 2. The lowest BCUT2D eigenvalue weighted by Gasteiger charge is -1.86. The zero-order valence-corrected chi connectivity index (χ0v) is 5.43. The van der Waals surface area contributed by atoms with E-state index in [1.165, 1.54) is 0 Å². The highest BCUT2D eigenvalue weighted by molar-refractivity contribution is 5.44. The van der Waals surface area contributed by atoms with Gasteiger partial charge in [0.1, 0.15) is 0 Å². The van der Waals surface area contributed by atoms with Crippen molar-refractivity contribution in [2.75, 3.05) is 0 Å². The van der Waals surface area contributed by atoms with Crippen LogP contribution in [0.5, 0.6) is 0 Å². The second-order valence-corrected chi connectivity index (χ2v) is 1.82. The van der Waals surface area contributed by atoms with Crippen LogP contribution in [0.3, 0.4) is 0 Å². The van der Waals surface area contributed by atoms with Crippen LogP contribution in [-0.4, -0.2) is 9.97 Å². The average molecular weight is 156 g/mol. The van der Waals surface area contributed by atoms with E-state index in [4.69, 9.17) is 0 Å². The molecule has 0 aliphatic heterocycles. The molecule has 1 rings (SSSR count). The van der Waals surface area contributed by atoms with Crippen LogP contribution in [0, 0.1) is 0 Å². The first-order chi connectivity index (χ1) is 5.24. The van der Waals surface area contributed by atoms with Gasteiger partial charge in [0.2, 0.25) is 0 Å². The molecular formula is C6H5FN2O2. The summed E-state index contributed by atoms with van der Waals surface area (Å²) in [5.41, 5.74) is -1.14. The second kappa shape index (κ2) is 2.96. The molecule has 58 valence electrons. The predicted molar refractivity (Wildman–Crippen MR) is 37.8 cm³/mol. The minimum atomic E-state index is -0.609. The molecule has 0 saturated heterocycles. The molecule has 0 unspecified atom stereocenters. The Morgan fingerprint density at radius 3 is 2.73 bits per heavy atom. The van der Waals surface area contributed by atoms with E-state index in [9.17, 15) is 14.0 Å². The predicted octanol–water partition coefficient (Wildman–Crippen LogP) is 0.00340. The molecule has 0 aliphatic carbocycles. The molecule has 0 fully saturated rings. The van der Waals surface area contributed by atoms with Crippen LogP contribution in [-0.2, 0) is 0 Å². The molecule has 0 amide bonds. The number of aromatic amines is 2. The molecule has 0 radical (unpaired) electrons. The number of halogens is 1. The minimum Gasteiger partial charge on any atom is -0.314 e. The van der Waals surface area contributed by atoms with Crippen molar-refractivity contribution < 1.29 is 4.39 Å². The zero-order chi connectivity index (χ0) is 8.27. The third kappa shape index (κ3) is 1.64. The summed E-state index contributed by atoms with van der Waals surface area (Å²) < 4.78 is 11.5. The molecule has 0 aromatic carbocycles. The third-order valence-electron chi connectivity index (χ3n) is 1.09. The summed E-state index contributed by atoms with van der Waals surface area (Å²) in [5, 5.41) is 0. The lowest BCUT2D eigenvalue weighted by Crippen LogP contribution is -2.22.